The summed E-state index contributed by atoms with van der Waals surface area (Å²) in [6.45, 7) is 0. The van der Waals surface area contributed by atoms with E-state index in [1.54, 1.807) is 0 Å². The van der Waals surface area contributed by atoms with Crippen LogP contribution in [-0.2, 0) is 6.42 Å². The van der Waals surface area contributed by atoms with E-state index in [9.17, 15) is 13.2 Å². The van der Waals surface area contributed by atoms with Crippen LogP contribution in [0.3, 0.4) is 0 Å². The zero-order valence-electron chi connectivity index (χ0n) is 9.41. The quantitative estimate of drug-likeness (QED) is 0.912. The van der Waals surface area contributed by atoms with Crippen molar-refractivity contribution in [3.8, 4) is 0 Å². The maximum Gasteiger partial charge on any atom is 0.159 e. The molecule has 1 atom stereocenters. The zero-order chi connectivity index (χ0) is 13.1. The number of halogens is 3. The van der Waals surface area contributed by atoms with Gasteiger partial charge in [0, 0.05) is 12.2 Å². The van der Waals surface area contributed by atoms with E-state index < -0.39 is 23.5 Å². The molecule has 1 unspecified atom stereocenters. The Morgan fingerprint density at radius 3 is 2.50 bits per heavy atom. The average Bonchev–Trinajstić information content (AvgIpc) is 2.34. The van der Waals surface area contributed by atoms with E-state index in [1.807, 2.05) is 0 Å². The molecule has 0 aliphatic rings. The molecule has 0 amide bonds. The van der Waals surface area contributed by atoms with Crippen LogP contribution in [0.1, 0.15) is 17.2 Å². The maximum atomic E-state index is 13.0. The Labute approximate surface area is 102 Å². The smallest absolute Gasteiger partial charge is 0.159 e. The van der Waals surface area contributed by atoms with Crippen LogP contribution in [0.4, 0.5) is 13.2 Å². The third-order valence-corrected chi connectivity index (χ3v) is 2.59. The highest BCUT2D eigenvalue weighted by atomic mass is 19.2. The van der Waals surface area contributed by atoms with Gasteiger partial charge >= 0.3 is 0 Å². The van der Waals surface area contributed by atoms with Gasteiger partial charge in [0.2, 0.25) is 0 Å². The van der Waals surface area contributed by atoms with Crippen LogP contribution in [0.25, 0.3) is 0 Å². The summed E-state index contributed by atoms with van der Waals surface area (Å²) in [5.41, 5.74) is 6.92. The van der Waals surface area contributed by atoms with Gasteiger partial charge in [0.05, 0.1) is 6.20 Å². The van der Waals surface area contributed by atoms with Gasteiger partial charge in [-0.15, -0.1) is 0 Å². The lowest BCUT2D eigenvalue weighted by Crippen LogP contribution is -2.14. The Morgan fingerprint density at radius 1 is 1.06 bits per heavy atom. The largest absolute Gasteiger partial charge is 0.324 e. The normalized spacial score (nSPS) is 12.4. The van der Waals surface area contributed by atoms with E-state index >= 15 is 0 Å². The molecule has 0 bridgehead atoms. The second kappa shape index (κ2) is 5.18. The van der Waals surface area contributed by atoms with Gasteiger partial charge in [-0.05, 0) is 35.7 Å². The van der Waals surface area contributed by atoms with E-state index in [1.165, 1.54) is 18.3 Å². The van der Waals surface area contributed by atoms with Gasteiger partial charge in [0.1, 0.15) is 5.82 Å². The number of pyridine rings is 1. The lowest BCUT2D eigenvalue weighted by Gasteiger charge is -2.11. The lowest BCUT2D eigenvalue weighted by atomic mass is 10.0. The predicted octanol–water partition coefficient (Wildman–Crippen LogP) is 2.74. The fourth-order valence-corrected chi connectivity index (χ4v) is 1.67. The highest BCUT2D eigenvalue weighted by Gasteiger charge is 2.10. The predicted molar refractivity (Wildman–Crippen MR) is 61.2 cm³/mol. The Morgan fingerprint density at radius 2 is 1.83 bits per heavy atom. The van der Waals surface area contributed by atoms with Gasteiger partial charge in [-0.1, -0.05) is 6.07 Å². The Hall–Kier alpha value is -1.88. The molecule has 2 rings (SSSR count). The van der Waals surface area contributed by atoms with Gasteiger partial charge in [-0.2, -0.15) is 0 Å². The van der Waals surface area contributed by atoms with E-state index in [0.29, 0.717) is 11.1 Å². The summed E-state index contributed by atoms with van der Waals surface area (Å²) in [5.74, 6) is -2.30. The second-order valence-electron chi connectivity index (χ2n) is 4.00. The minimum atomic E-state index is -0.919. The summed E-state index contributed by atoms with van der Waals surface area (Å²) < 4.78 is 38.7. The summed E-state index contributed by atoms with van der Waals surface area (Å²) in [7, 11) is 0. The second-order valence-corrected chi connectivity index (χ2v) is 4.00. The number of nitrogens with two attached hydrogens (primary N) is 1. The number of nitrogens with zero attached hydrogens (tertiary/aromatic N) is 1. The summed E-state index contributed by atoms with van der Waals surface area (Å²) >= 11 is 0. The molecule has 1 aromatic carbocycles. The van der Waals surface area contributed by atoms with Crippen molar-refractivity contribution >= 4 is 0 Å². The van der Waals surface area contributed by atoms with Crippen molar-refractivity contribution < 1.29 is 13.2 Å². The van der Waals surface area contributed by atoms with Crippen molar-refractivity contribution in [1.29, 1.82) is 0 Å². The number of hydrogen-bond donors (Lipinski definition) is 1. The summed E-state index contributed by atoms with van der Waals surface area (Å²) in [6, 6.07) is 4.34. The van der Waals surface area contributed by atoms with Crippen LogP contribution >= 0.6 is 0 Å². The molecule has 2 aromatic rings. The zero-order valence-corrected chi connectivity index (χ0v) is 9.41. The summed E-state index contributed by atoms with van der Waals surface area (Å²) in [6.07, 6.45) is 2.81. The van der Waals surface area contributed by atoms with Crippen molar-refractivity contribution in [2.24, 2.45) is 5.73 Å². The number of rotatable bonds is 3. The van der Waals surface area contributed by atoms with Crippen molar-refractivity contribution in [3.63, 3.8) is 0 Å². The van der Waals surface area contributed by atoms with Gasteiger partial charge in [0.25, 0.3) is 0 Å². The highest BCUT2D eigenvalue weighted by molar-refractivity contribution is 5.22. The van der Waals surface area contributed by atoms with Crippen LogP contribution in [0.15, 0.2) is 36.7 Å². The minimum absolute atomic E-state index is 0.280. The Balaban J connectivity index is 2.16. The van der Waals surface area contributed by atoms with Crippen LogP contribution in [0.2, 0.25) is 0 Å². The van der Waals surface area contributed by atoms with Crippen molar-refractivity contribution in [3.05, 3.63) is 65.2 Å². The molecule has 94 valence electrons. The molecule has 0 saturated carbocycles. The van der Waals surface area contributed by atoms with Crippen LogP contribution in [-0.4, -0.2) is 4.98 Å². The van der Waals surface area contributed by atoms with E-state index in [-0.39, 0.29) is 6.42 Å². The van der Waals surface area contributed by atoms with Gasteiger partial charge in [-0.25, -0.2) is 13.2 Å². The number of benzene rings is 1. The van der Waals surface area contributed by atoms with Crippen molar-refractivity contribution in [1.82, 2.24) is 4.98 Å². The van der Waals surface area contributed by atoms with Gasteiger partial charge < -0.3 is 5.73 Å². The molecular weight excluding hydrogens is 241 g/mol. The maximum absolute atomic E-state index is 13.0. The molecule has 2 nitrogen and oxygen atoms in total. The third kappa shape index (κ3) is 2.87. The van der Waals surface area contributed by atoms with Gasteiger partial charge in [-0.3, -0.25) is 4.98 Å². The van der Waals surface area contributed by atoms with Crippen molar-refractivity contribution in [2.75, 3.05) is 0 Å². The minimum Gasteiger partial charge on any atom is -0.324 e. The monoisotopic (exact) mass is 252 g/mol. The first kappa shape index (κ1) is 12.6. The molecule has 0 radical (unpaired) electrons. The summed E-state index contributed by atoms with van der Waals surface area (Å²) in [4.78, 5) is 3.69. The molecule has 18 heavy (non-hydrogen) atoms. The Kier molecular flexibility index (Phi) is 3.62. The molecule has 0 aliphatic heterocycles. The molecule has 5 heteroatoms. The van der Waals surface area contributed by atoms with Crippen LogP contribution in [0.5, 0.6) is 0 Å². The van der Waals surface area contributed by atoms with Crippen LogP contribution in [0, 0.1) is 17.5 Å². The lowest BCUT2D eigenvalue weighted by molar-refractivity contribution is 0.506. The number of aromatic nitrogens is 1. The molecule has 0 spiro atoms. The first-order valence-corrected chi connectivity index (χ1v) is 5.36. The fraction of sp³-hybridized carbons (Fsp3) is 0.154. The molecule has 1 heterocycles. The SMILES string of the molecule is NC(Cc1ccc(F)c(F)c1)c1cncc(F)c1. The van der Waals surface area contributed by atoms with E-state index in [4.69, 9.17) is 5.73 Å². The molecule has 1 aromatic heterocycles. The molecule has 2 N–H and O–H groups in total. The Bertz CT molecular complexity index is 558. The van der Waals surface area contributed by atoms with Crippen LogP contribution < -0.4 is 5.73 Å². The molecular formula is C13H11F3N2. The molecule has 0 saturated heterocycles. The standard InChI is InChI=1S/C13H11F3N2/c14-10-5-9(6-18-7-10)13(17)4-8-1-2-11(15)12(16)3-8/h1-3,5-7,13H,4,17H2. The van der Waals surface area contributed by atoms with E-state index in [0.717, 1.165) is 18.3 Å². The molecule has 0 fully saturated rings. The number of hydrogen-bond acceptors (Lipinski definition) is 2. The van der Waals surface area contributed by atoms with Gasteiger partial charge in [0.15, 0.2) is 11.6 Å². The first-order chi connectivity index (χ1) is 8.56. The average molecular weight is 252 g/mol. The highest BCUT2D eigenvalue weighted by Crippen LogP contribution is 2.17. The van der Waals surface area contributed by atoms with Crippen molar-refractivity contribution in [2.45, 2.75) is 12.5 Å². The van der Waals surface area contributed by atoms with E-state index in [2.05, 4.69) is 4.98 Å². The first-order valence-electron chi connectivity index (χ1n) is 5.36. The third-order valence-electron chi connectivity index (χ3n) is 2.59. The summed E-state index contributed by atoms with van der Waals surface area (Å²) in [5, 5.41) is 0. The fourth-order valence-electron chi connectivity index (χ4n) is 1.67. The molecule has 0 aliphatic carbocycles. The topological polar surface area (TPSA) is 38.9 Å².